The molecule has 3 aromatic rings. The number of benzene rings is 1. The lowest BCUT2D eigenvalue weighted by atomic mass is 10.2. The highest BCUT2D eigenvalue weighted by atomic mass is 16.5. The van der Waals surface area contributed by atoms with Crippen LogP contribution in [0.25, 0.3) is 11.4 Å². The zero-order valence-electron chi connectivity index (χ0n) is 14.2. The van der Waals surface area contributed by atoms with Gasteiger partial charge in [-0.25, -0.2) is 4.98 Å². The standard InChI is InChI=1S/C17H20N4O3/c1-10-12(3)23-15(19-10)9-18-11(2)17-20-16(21-24-17)13-6-5-7-14(8-13)22-4/h5-8,11,18H,9H2,1-4H3/t11-/m1/s1. The van der Waals surface area contributed by atoms with Gasteiger partial charge in [0.15, 0.2) is 0 Å². The van der Waals surface area contributed by atoms with Gasteiger partial charge in [0.1, 0.15) is 11.5 Å². The van der Waals surface area contributed by atoms with E-state index >= 15 is 0 Å². The highest BCUT2D eigenvalue weighted by molar-refractivity contribution is 5.56. The fourth-order valence-electron chi connectivity index (χ4n) is 2.23. The summed E-state index contributed by atoms with van der Waals surface area (Å²) in [5.41, 5.74) is 1.74. The fourth-order valence-corrected chi connectivity index (χ4v) is 2.23. The first kappa shape index (κ1) is 16.2. The summed E-state index contributed by atoms with van der Waals surface area (Å²) in [6.45, 7) is 6.26. The smallest absolute Gasteiger partial charge is 0.243 e. The van der Waals surface area contributed by atoms with Crippen molar-refractivity contribution < 1.29 is 13.7 Å². The molecule has 2 heterocycles. The maximum atomic E-state index is 5.55. The van der Waals surface area contributed by atoms with E-state index in [-0.39, 0.29) is 6.04 Å². The quantitative estimate of drug-likeness (QED) is 0.743. The molecule has 0 unspecified atom stereocenters. The third-order valence-corrected chi connectivity index (χ3v) is 3.77. The van der Waals surface area contributed by atoms with Crippen molar-refractivity contribution in [2.24, 2.45) is 0 Å². The van der Waals surface area contributed by atoms with Crippen LogP contribution in [0.4, 0.5) is 0 Å². The Bertz CT molecular complexity index is 805. The van der Waals surface area contributed by atoms with Gasteiger partial charge in [-0.15, -0.1) is 0 Å². The summed E-state index contributed by atoms with van der Waals surface area (Å²) in [4.78, 5) is 8.78. The van der Waals surface area contributed by atoms with Crippen LogP contribution in [0.15, 0.2) is 33.2 Å². The predicted octanol–water partition coefficient (Wildman–Crippen LogP) is 3.20. The second kappa shape index (κ2) is 6.84. The summed E-state index contributed by atoms with van der Waals surface area (Å²) in [7, 11) is 1.62. The number of rotatable bonds is 6. The maximum absolute atomic E-state index is 5.55. The molecular formula is C17H20N4O3. The number of nitrogens with zero attached hydrogens (tertiary/aromatic N) is 3. The van der Waals surface area contributed by atoms with E-state index in [0.29, 0.717) is 24.2 Å². The molecule has 0 radical (unpaired) electrons. The van der Waals surface area contributed by atoms with E-state index in [1.807, 2.05) is 45.0 Å². The van der Waals surface area contributed by atoms with Gasteiger partial charge in [0.25, 0.3) is 0 Å². The van der Waals surface area contributed by atoms with Crippen LogP contribution in [0, 0.1) is 13.8 Å². The number of aryl methyl sites for hydroxylation is 2. The van der Waals surface area contributed by atoms with Crippen molar-refractivity contribution in [2.45, 2.75) is 33.4 Å². The molecule has 0 aliphatic carbocycles. The molecule has 1 N–H and O–H groups in total. The van der Waals surface area contributed by atoms with E-state index in [2.05, 4.69) is 20.4 Å². The first-order valence-corrected chi connectivity index (χ1v) is 7.71. The van der Waals surface area contributed by atoms with E-state index in [1.165, 1.54) is 0 Å². The van der Waals surface area contributed by atoms with E-state index in [9.17, 15) is 0 Å². The van der Waals surface area contributed by atoms with Crippen LogP contribution in [-0.4, -0.2) is 22.2 Å². The van der Waals surface area contributed by atoms with Gasteiger partial charge in [0.2, 0.25) is 17.6 Å². The molecule has 2 aromatic heterocycles. The van der Waals surface area contributed by atoms with Gasteiger partial charge in [0.05, 0.1) is 25.4 Å². The molecular weight excluding hydrogens is 308 g/mol. The monoisotopic (exact) mass is 328 g/mol. The van der Waals surface area contributed by atoms with Crippen molar-refractivity contribution in [3.05, 3.63) is 47.5 Å². The average Bonchev–Trinajstić information content (AvgIpc) is 3.20. The first-order valence-electron chi connectivity index (χ1n) is 7.71. The number of aromatic nitrogens is 3. The van der Waals surface area contributed by atoms with Crippen molar-refractivity contribution in [1.29, 1.82) is 0 Å². The lowest BCUT2D eigenvalue weighted by Gasteiger charge is -2.06. The third kappa shape index (κ3) is 3.46. The Morgan fingerprint density at radius 2 is 2.08 bits per heavy atom. The van der Waals surface area contributed by atoms with Crippen molar-refractivity contribution in [1.82, 2.24) is 20.4 Å². The normalized spacial score (nSPS) is 12.3. The van der Waals surface area contributed by atoms with E-state index in [1.54, 1.807) is 7.11 Å². The minimum Gasteiger partial charge on any atom is -0.497 e. The van der Waals surface area contributed by atoms with E-state index in [0.717, 1.165) is 22.8 Å². The topological polar surface area (TPSA) is 86.2 Å². The van der Waals surface area contributed by atoms with Gasteiger partial charge in [0, 0.05) is 5.56 Å². The lowest BCUT2D eigenvalue weighted by Crippen LogP contribution is -2.18. The van der Waals surface area contributed by atoms with Crippen LogP contribution in [0.5, 0.6) is 5.75 Å². The van der Waals surface area contributed by atoms with Gasteiger partial charge in [-0.05, 0) is 32.9 Å². The summed E-state index contributed by atoms with van der Waals surface area (Å²) in [6.07, 6.45) is 0. The Kier molecular flexibility index (Phi) is 4.61. The van der Waals surface area contributed by atoms with E-state index < -0.39 is 0 Å². The molecule has 0 aliphatic heterocycles. The van der Waals surface area contributed by atoms with Crippen molar-refractivity contribution in [3.8, 4) is 17.1 Å². The summed E-state index contributed by atoms with van der Waals surface area (Å²) in [6, 6.07) is 7.41. The largest absolute Gasteiger partial charge is 0.497 e. The molecule has 126 valence electrons. The van der Waals surface area contributed by atoms with Crippen molar-refractivity contribution in [2.75, 3.05) is 7.11 Å². The van der Waals surface area contributed by atoms with Crippen LogP contribution in [-0.2, 0) is 6.54 Å². The minimum absolute atomic E-state index is 0.121. The summed E-state index contributed by atoms with van der Waals surface area (Å²) in [5, 5.41) is 7.30. The number of hydrogen-bond donors (Lipinski definition) is 1. The molecule has 0 bridgehead atoms. The molecule has 1 atom stereocenters. The van der Waals surface area contributed by atoms with E-state index in [4.69, 9.17) is 13.7 Å². The first-order chi connectivity index (χ1) is 11.6. The predicted molar refractivity (Wildman–Crippen MR) is 87.5 cm³/mol. The third-order valence-electron chi connectivity index (χ3n) is 3.77. The Labute approximate surface area is 140 Å². The second-order valence-electron chi connectivity index (χ2n) is 5.54. The average molecular weight is 328 g/mol. The van der Waals surface area contributed by atoms with Gasteiger partial charge in [-0.1, -0.05) is 17.3 Å². The molecule has 7 nitrogen and oxygen atoms in total. The zero-order chi connectivity index (χ0) is 17.1. The van der Waals surface area contributed by atoms with Gasteiger partial charge in [-0.2, -0.15) is 4.98 Å². The molecule has 7 heteroatoms. The number of nitrogens with one attached hydrogen (secondary N) is 1. The summed E-state index contributed by atoms with van der Waals surface area (Å²) >= 11 is 0. The van der Waals surface area contributed by atoms with Crippen molar-refractivity contribution >= 4 is 0 Å². The molecule has 24 heavy (non-hydrogen) atoms. The fraction of sp³-hybridized carbons (Fsp3) is 0.353. The number of ether oxygens (including phenoxy) is 1. The molecule has 0 fully saturated rings. The molecule has 0 spiro atoms. The van der Waals surface area contributed by atoms with Gasteiger partial charge >= 0.3 is 0 Å². The molecule has 0 amide bonds. The Morgan fingerprint density at radius 1 is 1.25 bits per heavy atom. The van der Waals surface area contributed by atoms with Gasteiger partial charge < -0.3 is 13.7 Å². The number of methoxy groups -OCH3 is 1. The lowest BCUT2D eigenvalue weighted by molar-refractivity contribution is 0.331. The molecule has 1 aromatic carbocycles. The Balaban J connectivity index is 1.67. The summed E-state index contributed by atoms with van der Waals surface area (Å²) < 4.78 is 16.1. The second-order valence-corrected chi connectivity index (χ2v) is 5.54. The molecule has 3 rings (SSSR count). The molecule has 0 saturated carbocycles. The zero-order valence-corrected chi connectivity index (χ0v) is 14.2. The van der Waals surface area contributed by atoms with Crippen LogP contribution < -0.4 is 10.1 Å². The number of hydrogen-bond acceptors (Lipinski definition) is 7. The molecule has 0 saturated heterocycles. The highest BCUT2D eigenvalue weighted by Gasteiger charge is 2.16. The van der Waals surface area contributed by atoms with Crippen LogP contribution in [0.1, 0.15) is 36.2 Å². The van der Waals surface area contributed by atoms with Gasteiger partial charge in [-0.3, -0.25) is 5.32 Å². The van der Waals surface area contributed by atoms with Crippen LogP contribution in [0.2, 0.25) is 0 Å². The SMILES string of the molecule is COc1cccc(-c2noc([C@@H](C)NCc3nc(C)c(C)o3)n2)c1. The summed E-state index contributed by atoms with van der Waals surface area (Å²) in [5.74, 6) is 3.26. The number of oxazole rings is 1. The molecule has 0 aliphatic rings. The Morgan fingerprint density at radius 3 is 2.79 bits per heavy atom. The van der Waals surface area contributed by atoms with Crippen molar-refractivity contribution in [3.63, 3.8) is 0 Å². The van der Waals surface area contributed by atoms with Crippen LogP contribution in [0.3, 0.4) is 0 Å². The Hall–Kier alpha value is -2.67. The minimum atomic E-state index is -0.121. The highest BCUT2D eigenvalue weighted by Crippen LogP contribution is 2.22. The maximum Gasteiger partial charge on any atom is 0.243 e. The van der Waals surface area contributed by atoms with Crippen LogP contribution >= 0.6 is 0 Å².